The van der Waals surface area contributed by atoms with E-state index in [2.05, 4.69) is 13.8 Å². The minimum atomic E-state index is -0.860. The average Bonchev–Trinajstić information content (AvgIpc) is 2.46. The second-order valence-electron chi connectivity index (χ2n) is 6.17. The van der Waals surface area contributed by atoms with Gasteiger partial charge in [0.15, 0.2) is 0 Å². The molecule has 2 aliphatic heterocycles. The molecule has 0 bridgehead atoms. The first-order valence-corrected chi connectivity index (χ1v) is 7.84. The van der Waals surface area contributed by atoms with Crippen molar-refractivity contribution in [2.45, 2.75) is 64.5 Å². The van der Waals surface area contributed by atoms with Gasteiger partial charge in [-0.1, -0.05) is 13.3 Å². The van der Waals surface area contributed by atoms with Crippen molar-refractivity contribution in [3.63, 3.8) is 0 Å². The van der Waals surface area contributed by atoms with E-state index in [0.717, 1.165) is 38.6 Å². The summed E-state index contributed by atoms with van der Waals surface area (Å²) in [5.41, 5.74) is 0. The lowest BCUT2D eigenvalue weighted by Gasteiger charge is -2.42. The SMILES string of the molecule is CCC1CCN(C(=O)N2CCCCC2C)C(C(=O)O)C1. The molecule has 0 aromatic heterocycles. The molecule has 1 N–H and O–H groups in total. The molecule has 0 aliphatic carbocycles. The Bertz CT molecular complexity index is 372. The first-order chi connectivity index (χ1) is 9.54. The van der Waals surface area contributed by atoms with Gasteiger partial charge in [-0.15, -0.1) is 0 Å². The van der Waals surface area contributed by atoms with Gasteiger partial charge in [0.1, 0.15) is 6.04 Å². The highest BCUT2D eigenvalue weighted by Crippen LogP contribution is 2.28. The van der Waals surface area contributed by atoms with Crippen molar-refractivity contribution in [3.05, 3.63) is 0 Å². The minimum absolute atomic E-state index is 0.0702. The Hall–Kier alpha value is -1.26. The summed E-state index contributed by atoms with van der Waals surface area (Å²) in [5, 5.41) is 9.42. The summed E-state index contributed by atoms with van der Waals surface area (Å²) in [4.78, 5) is 27.6. The number of rotatable bonds is 2. The fourth-order valence-corrected chi connectivity index (χ4v) is 3.42. The van der Waals surface area contributed by atoms with Crippen LogP contribution in [0.4, 0.5) is 4.79 Å². The predicted octanol–water partition coefficient (Wildman–Crippen LogP) is 2.56. The summed E-state index contributed by atoms with van der Waals surface area (Å²) in [6.45, 7) is 5.50. The van der Waals surface area contributed by atoms with Crippen molar-refractivity contribution in [2.75, 3.05) is 13.1 Å². The molecule has 0 spiro atoms. The Labute approximate surface area is 120 Å². The zero-order valence-corrected chi connectivity index (χ0v) is 12.5. The van der Waals surface area contributed by atoms with Crippen LogP contribution in [0.15, 0.2) is 0 Å². The number of nitrogens with zero attached hydrogens (tertiary/aromatic N) is 2. The quantitative estimate of drug-likeness (QED) is 0.846. The van der Waals surface area contributed by atoms with Crippen molar-refractivity contribution in [3.8, 4) is 0 Å². The number of likely N-dealkylation sites (tertiary alicyclic amines) is 2. The molecule has 20 heavy (non-hydrogen) atoms. The molecule has 2 aliphatic rings. The van der Waals surface area contributed by atoms with Gasteiger partial charge in [0, 0.05) is 19.1 Å². The van der Waals surface area contributed by atoms with Crippen LogP contribution in [0.1, 0.15) is 52.4 Å². The first-order valence-electron chi connectivity index (χ1n) is 7.84. The van der Waals surface area contributed by atoms with Crippen LogP contribution in [-0.4, -0.2) is 52.1 Å². The Morgan fingerprint density at radius 2 is 1.90 bits per heavy atom. The zero-order chi connectivity index (χ0) is 14.7. The summed E-state index contributed by atoms with van der Waals surface area (Å²) in [6, 6.07) is -0.482. The Balaban J connectivity index is 2.08. The molecule has 5 heteroatoms. The summed E-state index contributed by atoms with van der Waals surface area (Å²) in [6.07, 6.45) is 5.72. The van der Waals surface area contributed by atoms with Crippen LogP contribution in [0, 0.1) is 5.92 Å². The maximum Gasteiger partial charge on any atom is 0.326 e. The third-order valence-corrected chi connectivity index (χ3v) is 4.87. The van der Waals surface area contributed by atoms with Crippen molar-refractivity contribution in [2.24, 2.45) is 5.92 Å². The van der Waals surface area contributed by atoms with Gasteiger partial charge in [-0.3, -0.25) is 0 Å². The van der Waals surface area contributed by atoms with Gasteiger partial charge in [0.05, 0.1) is 0 Å². The number of carbonyl (C=O) groups excluding carboxylic acids is 1. The number of aliphatic carboxylic acids is 1. The number of urea groups is 1. The number of hydrogen-bond donors (Lipinski definition) is 1. The van der Waals surface area contributed by atoms with Gasteiger partial charge < -0.3 is 14.9 Å². The summed E-state index contributed by atoms with van der Waals surface area (Å²) < 4.78 is 0. The van der Waals surface area contributed by atoms with Crippen molar-refractivity contribution in [1.82, 2.24) is 9.80 Å². The minimum Gasteiger partial charge on any atom is -0.480 e. The number of piperidine rings is 2. The van der Waals surface area contributed by atoms with Crippen LogP contribution in [0.2, 0.25) is 0 Å². The van der Waals surface area contributed by atoms with E-state index in [-0.39, 0.29) is 12.1 Å². The summed E-state index contributed by atoms with van der Waals surface area (Å²) in [7, 11) is 0. The maximum atomic E-state index is 12.7. The van der Waals surface area contributed by atoms with Gasteiger partial charge in [-0.2, -0.15) is 0 Å². The average molecular weight is 282 g/mol. The molecule has 3 unspecified atom stereocenters. The van der Waals surface area contributed by atoms with Gasteiger partial charge in [0.2, 0.25) is 0 Å². The topological polar surface area (TPSA) is 60.9 Å². The number of carboxylic acid groups (broad SMARTS) is 1. The van der Waals surface area contributed by atoms with Gasteiger partial charge in [-0.05, 0) is 44.9 Å². The summed E-state index contributed by atoms with van der Waals surface area (Å²) in [5.74, 6) is -0.430. The lowest BCUT2D eigenvalue weighted by atomic mass is 9.89. The molecular weight excluding hydrogens is 256 g/mol. The second kappa shape index (κ2) is 6.46. The molecule has 5 nitrogen and oxygen atoms in total. The van der Waals surface area contributed by atoms with E-state index >= 15 is 0 Å². The fraction of sp³-hybridized carbons (Fsp3) is 0.867. The van der Waals surface area contributed by atoms with E-state index < -0.39 is 12.0 Å². The van der Waals surface area contributed by atoms with Gasteiger partial charge in [-0.25, -0.2) is 9.59 Å². The lowest BCUT2D eigenvalue weighted by Crippen LogP contribution is -2.57. The summed E-state index contributed by atoms with van der Waals surface area (Å²) >= 11 is 0. The third kappa shape index (κ3) is 3.07. The van der Waals surface area contributed by atoms with Crippen LogP contribution in [0.25, 0.3) is 0 Å². The highest BCUT2D eigenvalue weighted by atomic mass is 16.4. The second-order valence-corrected chi connectivity index (χ2v) is 6.17. The molecule has 3 atom stereocenters. The van der Waals surface area contributed by atoms with Gasteiger partial charge >= 0.3 is 12.0 Å². The zero-order valence-electron chi connectivity index (χ0n) is 12.5. The van der Waals surface area contributed by atoms with Crippen LogP contribution in [0.3, 0.4) is 0 Å². The van der Waals surface area contributed by atoms with Crippen molar-refractivity contribution in [1.29, 1.82) is 0 Å². The smallest absolute Gasteiger partial charge is 0.326 e. The Kier molecular flexibility index (Phi) is 4.89. The highest BCUT2D eigenvalue weighted by molar-refractivity contribution is 5.83. The largest absolute Gasteiger partial charge is 0.480 e. The van der Waals surface area contributed by atoms with Crippen LogP contribution in [-0.2, 0) is 4.79 Å². The van der Waals surface area contributed by atoms with Crippen molar-refractivity contribution >= 4 is 12.0 Å². The lowest BCUT2D eigenvalue weighted by molar-refractivity contribution is -0.144. The van der Waals surface area contributed by atoms with E-state index in [9.17, 15) is 14.7 Å². The number of amides is 2. The maximum absolute atomic E-state index is 12.7. The molecule has 0 saturated carbocycles. The molecule has 0 aromatic rings. The van der Waals surface area contributed by atoms with E-state index in [1.165, 1.54) is 0 Å². The molecule has 114 valence electrons. The number of carbonyl (C=O) groups is 2. The standard InChI is InChI=1S/C15H26N2O3/c1-3-12-7-9-17(13(10-12)14(18)19)15(20)16-8-5-4-6-11(16)2/h11-13H,3-10H2,1-2H3,(H,18,19). The van der Waals surface area contributed by atoms with E-state index in [4.69, 9.17) is 0 Å². The van der Waals surface area contributed by atoms with Crippen molar-refractivity contribution < 1.29 is 14.7 Å². The molecule has 2 saturated heterocycles. The fourth-order valence-electron chi connectivity index (χ4n) is 3.42. The molecule has 2 heterocycles. The monoisotopic (exact) mass is 282 g/mol. The Morgan fingerprint density at radius 3 is 2.50 bits per heavy atom. The number of carboxylic acids is 1. The normalized spacial score (nSPS) is 31.2. The van der Waals surface area contributed by atoms with E-state index in [1.807, 2.05) is 4.90 Å². The molecular formula is C15H26N2O3. The molecule has 2 amide bonds. The molecule has 2 fully saturated rings. The van der Waals surface area contributed by atoms with Crippen LogP contribution < -0.4 is 0 Å². The molecule has 0 radical (unpaired) electrons. The molecule has 0 aromatic carbocycles. The van der Waals surface area contributed by atoms with Gasteiger partial charge in [0.25, 0.3) is 0 Å². The first kappa shape index (κ1) is 15.1. The highest BCUT2D eigenvalue weighted by Gasteiger charge is 2.38. The Morgan fingerprint density at radius 1 is 1.15 bits per heavy atom. The van der Waals surface area contributed by atoms with Crippen LogP contribution in [0.5, 0.6) is 0 Å². The molecule has 2 rings (SSSR count). The third-order valence-electron chi connectivity index (χ3n) is 4.87. The van der Waals surface area contributed by atoms with E-state index in [0.29, 0.717) is 18.9 Å². The number of hydrogen-bond acceptors (Lipinski definition) is 2. The van der Waals surface area contributed by atoms with Crippen LogP contribution >= 0.6 is 0 Å². The van der Waals surface area contributed by atoms with E-state index in [1.54, 1.807) is 4.90 Å². The predicted molar refractivity (Wildman–Crippen MR) is 76.6 cm³/mol.